The van der Waals surface area contributed by atoms with Gasteiger partial charge in [-0.3, -0.25) is 4.79 Å². The Balaban J connectivity index is 1.96. The smallest absolute Gasteiger partial charge is 0.227 e. The number of carbonyl (C=O) groups is 1. The summed E-state index contributed by atoms with van der Waals surface area (Å²) in [6, 6.07) is 7.29. The molecule has 2 N–H and O–H groups in total. The lowest BCUT2D eigenvalue weighted by Gasteiger charge is -2.36. The summed E-state index contributed by atoms with van der Waals surface area (Å²) in [4.78, 5) is 14.5. The van der Waals surface area contributed by atoms with Crippen molar-refractivity contribution >= 4 is 5.91 Å². The van der Waals surface area contributed by atoms with E-state index in [0.29, 0.717) is 12.5 Å². The van der Waals surface area contributed by atoms with Crippen LogP contribution in [0.3, 0.4) is 0 Å². The van der Waals surface area contributed by atoms with Gasteiger partial charge in [-0.2, -0.15) is 0 Å². The molecule has 1 unspecified atom stereocenters. The van der Waals surface area contributed by atoms with E-state index >= 15 is 0 Å². The number of benzene rings is 1. The summed E-state index contributed by atoms with van der Waals surface area (Å²) in [6.45, 7) is 1.83. The minimum Gasteiger partial charge on any atom is -0.508 e. The fourth-order valence-corrected chi connectivity index (χ4v) is 2.83. The maximum Gasteiger partial charge on any atom is 0.227 e. The zero-order valence-electron chi connectivity index (χ0n) is 12.1. The number of amides is 1. The third kappa shape index (κ3) is 3.97. The van der Waals surface area contributed by atoms with Gasteiger partial charge >= 0.3 is 0 Å². The van der Waals surface area contributed by atoms with E-state index in [9.17, 15) is 9.90 Å². The highest BCUT2D eigenvalue weighted by Crippen LogP contribution is 2.21. The molecular weight excluding hydrogens is 252 g/mol. The van der Waals surface area contributed by atoms with Crippen molar-refractivity contribution in [2.75, 3.05) is 20.1 Å². The average molecular weight is 276 g/mol. The fourth-order valence-electron chi connectivity index (χ4n) is 2.83. The molecule has 110 valence electrons. The molecule has 0 aromatic heterocycles. The van der Waals surface area contributed by atoms with E-state index < -0.39 is 0 Å². The highest BCUT2D eigenvalue weighted by atomic mass is 16.3. The molecule has 1 aliphatic heterocycles. The number of hydrogen-bond donors (Lipinski definition) is 2. The zero-order valence-corrected chi connectivity index (χ0v) is 12.1. The number of rotatable bonds is 5. The Hall–Kier alpha value is -1.55. The van der Waals surface area contributed by atoms with Gasteiger partial charge in [0.15, 0.2) is 0 Å². The Bertz CT molecular complexity index is 431. The first-order chi connectivity index (χ1) is 9.70. The van der Waals surface area contributed by atoms with Crippen molar-refractivity contribution in [1.29, 1.82) is 0 Å². The minimum absolute atomic E-state index is 0.205. The van der Waals surface area contributed by atoms with Crippen LogP contribution >= 0.6 is 0 Å². The van der Waals surface area contributed by atoms with E-state index in [1.54, 1.807) is 12.1 Å². The third-order valence-corrected chi connectivity index (χ3v) is 3.97. The first-order valence-electron chi connectivity index (χ1n) is 7.42. The van der Waals surface area contributed by atoms with Crippen molar-refractivity contribution in [3.8, 4) is 5.75 Å². The predicted molar refractivity (Wildman–Crippen MR) is 79.7 cm³/mol. The number of phenolic OH excluding ortho intramolecular Hbond substituents is 1. The summed E-state index contributed by atoms with van der Waals surface area (Å²) >= 11 is 0. The van der Waals surface area contributed by atoms with Crippen molar-refractivity contribution in [1.82, 2.24) is 10.2 Å². The van der Waals surface area contributed by atoms with Gasteiger partial charge in [0.1, 0.15) is 5.75 Å². The normalized spacial score (nSPS) is 19.1. The molecule has 1 aromatic rings. The molecule has 0 aliphatic carbocycles. The highest BCUT2D eigenvalue weighted by molar-refractivity contribution is 5.79. The highest BCUT2D eigenvalue weighted by Gasteiger charge is 2.25. The first-order valence-corrected chi connectivity index (χ1v) is 7.42. The summed E-state index contributed by atoms with van der Waals surface area (Å²) in [6.07, 6.45) is 4.89. The first kappa shape index (κ1) is 14.9. The SMILES string of the molecule is CNCCC1CCCCN1C(=O)Cc1ccc(O)cc1. The zero-order chi connectivity index (χ0) is 14.4. The standard InChI is InChI=1S/C16H24N2O2/c1-17-10-9-14-4-2-3-11-18(14)16(20)12-13-5-7-15(19)8-6-13/h5-8,14,17,19H,2-4,9-12H2,1H3. The van der Waals surface area contributed by atoms with Crippen LogP contribution in [0.1, 0.15) is 31.2 Å². The lowest BCUT2D eigenvalue weighted by atomic mass is 9.98. The molecule has 1 aromatic carbocycles. The molecule has 20 heavy (non-hydrogen) atoms. The number of nitrogens with one attached hydrogen (secondary N) is 1. The molecular formula is C16H24N2O2. The molecule has 0 radical (unpaired) electrons. The second-order valence-corrected chi connectivity index (χ2v) is 5.47. The lowest BCUT2D eigenvalue weighted by Crippen LogP contribution is -2.45. The van der Waals surface area contributed by atoms with Crippen LogP contribution in [0.15, 0.2) is 24.3 Å². The Morgan fingerprint density at radius 1 is 1.35 bits per heavy atom. The van der Waals surface area contributed by atoms with Gasteiger partial charge in [-0.05, 0) is 57.0 Å². The van der Waals surface area contributed by atoms with Crippen molar-refractivity contribution < 1.29 is 9.90 Å². The molecule has 4 heteroatoms. The van der Waals surface area contributed by atoms with Crippen LogP contribution in [-0.2, 0) is 11.2 Å². The van der Waals surface area contributed by atoms with Crippen LogP contribution in [-0.4, -0.2) is 42.1 Å². The maximum absolute atomic E-state index is 12.5. The molecule has 1 saturated heterocycles. The lowest BCUT2D eigenvalue weighted by molar-refractivity contribution is -0.134. The van der Waals surface area contributed by atoms with E-state index in [1.807, 2.05) is 24.1 Å². The van der Waals surface area contributed by atoms with Gasteiger partial charge < -0.3 is 15.3 Å². The van der Waals surface area contributed by atoms with E-state index in [0.717, 1.165) is 37.9 Å². The largest absolute Gasteiger partial charge is 0.508 e. The second kappa shape index (κ2) is 7.29. The molecule has 0 spiro atoms. The molecule has 1 fully saturated rings. The van der Waals surface area contributed by atoms with E-state index in [2.05, 4.69) is 5.32 Å². The molecule has 1 atom stereocenters. The van der Waals surface area contributed by atoms with Gasteiger partial charge in [0.2, 0.25) is 5.91 Å². The number of hydrogen-bond acceptors (Lipinski definition) is 3. The summed E-state index contributed by atoms with van der Waals surface area (Å²) in [5.41, 5.74) is 0.964. The second-order valence-electron chi connectivity index (χ2n) is 5.47. The maximum atomic E-state index is 12.5. The Kier molecular flexibility index (Phi) is 5.41. The van der Waals surface area contributed by atoms with Gasteiger partial charge in [0, 0.05) is 12.6 Å². The van der Waals surface area contributed by atoms with Gasteiger partial charge in [0.05, 0.1) is 6.42 Å². The predicted octanol–water partition coefficient (Wildman–Crippen LogP) is 1.93. The van der Waals surface area contributed by atoms with Crippen molar-refractivity contribution in [3.05, 3.63) is 29.8 Å². The Morgan fingerprint density at radius 3 is 2.80 bits per heavy atom. The van der Waals surface area contributed by atoms with Crippen LogP contribution < -0.4 is 5.32 Å². The molecule has 1 amide bonds. The van der Waals surface area contributed by atoms with Crippen LogP contribution in [0.5, 0.6) is 5.75 Å². The van der Waals surface area contributed by atoms with E-state index in [4.69, 9.17) is 0 Å². The van der Waals surface area contributed by atoms with Crippen LogP contribution in [0.25, 0.3) is 0 Å². The Morgan fingerprint density at radius 2 is 2.10 bits per heavy atom. The molecule has 0 saturated carbocycles. The molecule has 1 heterocycles. The summed E-state index contributed by atoms with van der Waals surface area (Å²) in [5.74, 6) is 0.447. The third-order valence-electron chi connectivity index (χ3n) is 3.97. The summed E-state index contributed by atoms with van der Waals surface area (Å²) in [5, 5.41) is 12.4. The number of phenols is 1. The summed E-state index contributed by atoms with van der Waals surface area (Å²) < 4.78 is 0. The molecule has 1 aliphatic rings. The van der Waals surface area contributed by atoms with Gasteiger partial charge in [-0.15, -0.1) is 0 Å². The molecule has 2 rings (SSSR count). The number of piperidine rings is 1. The van der Waals surface area contributed by atoms with Gasteiger partial charge in [0.25, 0.3) is 0 Å². The number of likely N-dealkylation sites (tertiary alicyclic amines) is 1. The number of aromatic hydroxyl groups is 1. The van der Waals surface area contributed by atoms with E-state index in [-0.39, 0.29) is 11.7 Å². The minimum atomic E-state index is 0.205. The van der Waals surface area contributed by atoms with Crippen LogP contribution in [0.4, 0.5) is 0 Å². The van der Waals surface area contributed by atoms with Crippen LogP contribution in [0, 0.1) is 0 Å². The fraction of sp³-hybridized carbons (Fsp3) is 0.562. The molecule has 4 nitrogen and oxygen atoms in total. The van der Waals surface area contributed by atoms with Crippen molar-refractivity contribution in [2.24, 2.45) is 0 Å². The average Bonchev–Trinajstić information content (AvgIpc) is 2.47. The topological polar surface area (TPSA) is 52.6 Å². The van der Waals surface area contributed by atoms with Gasteiger partial charge in [-0.25, -0.2) is 0 Å². The summed E-state index contributed by atoms with van der Waals surface area (Å²) in [7, 11) is 1.95. The van der Waals surface area contributed by atoms with Crippen molar-refractivity contribution in [2.45, 2.75) is 38.1 Å². The van der Waals surface area contributed by atoms with Gasteiger partial charge in [-0.1, -0.05) is 12.1 Å². The molecule has 0 bridgehead atoms. The monoisotopic (exact) mass is 276 g/mol. The van der Waals surface area contributed by atoms with Crippen molar-refractivity contribution in [3.63, 3.8) is 0 Å². The Labute approximate surface area is 120 Å². The quantitative estimate of drug-likeness (QED) is 0.864. The number of nitrogens with zero attached hydrogens (tertiary/aromatic N) is 1. The number of carbonyl (C=O) groups excluding carboxylic acids is 1. The van der Waals surface area contributed by atoms with Crippen LogP contribution in [0.2, 0.25) is 0 Å². The van der Waals surface area contributed by atoms with E-state index in [1.165, 1.54) is 6.42 Å².